The van der Waals surface area contributed by atoms with Gasteiger partial charge in [-0.1, -0.05) is 17.7 Å². The third-order valence-corrected chi connectivity index (χ3v) is 4.23. The van der Waals surface area contributed by atoms with E-state index < -0.39 is 0 Å². The Kier molecular flexibility index (Phi) is 6.87. The van der Waals surface area contributed by atoms with Crippen LogP contribution in [0.5, 0.6) is 0 Å². The Morgan fingerprint density at radius 1 is 1.17 bits per heavy atom. The molecule has 1 heterocycles. The third-order valence-electron chi connectivity index (χ3n) is 3.30. The van der Waals surface area contributed by atoms with Gasteiger partial charge in [0.2, 0.25) is 11.8 Å². The Balaban J connectivity index is 1.58. The second kappa shape index (κ2) is 9.12. The maximum atomic E-state index is 11.8. The maximum Gasteiger partial charge on any atom is 0.234 e. The van der Waals surface area contributed by atoms with E-state index in [9.17, 15) is 9.59 Å². The van der Waals surface area contributed by atoms with Crippen molar-refractivity contribution in [1.82, 2.24) is 15.1 Å². The van der Waals surface area contributed by atoms with Gasteiger partial charge in [-0.3, -0.25) is 14.3 Å². The Labute approximate surface area is 146 Å². The highest BCUT2D eigenvalue weighted by Gasteiger charge is 2.06. The largest absolute Gasteiger partial charge is 0.355 e. The van der Waals surface area contributed by atoms with Gasteiger partial charge in [0.25, 0.3) is 0 Å². The lowest BCUT2D eigenvalue weighted by Crippen LogP contribution is -2.28. The van der Waals surface area contributed by atoms with Gasteiger partial charge in [0.1, 0.15) is 0 Å². The van der Waals surface area contributed by atoms with Crippen molar-refractivity contribution in [3.63, 3.8) is 0 Å². The fourth-order valence-corrected chi connectivity index (χ4v) is 2.72. The standard InChI is InChI=1S/C17H22N4O2S/c1-13-3-5-15(6-4-13)20-17(23)12-24-11-16(22)18-8-7-14-9-19-21(2)10-14/h3-6,9-10H,7-8,11-12H2,1-2H3,(H,18,22)(H,20,23). The van der Waals surface area contributed by atoms with Crippen LogP contribution in [-0.2, 0) is 23.1 Å². The second-order valence-electron chi connectivity index (χ2n) is 5.53. The molecule has 0 saturated heterocycles. The summed E-state index contributed by atoms with van der Waals surface area (Å²) in [7, 11) is 1.86. The summed E-state index contributed by atoms with van der Waals surface area (Å²) in [6.07, 6.45) is 4.46. The van der Waals surface area contributed by atoms with E-state index in [0.717, 1.165) is 23.2 Å². The van der Waals surface area contributed by atoms with Gasteiger partial charge in [-0.15, -0.1) is 11.8 Å². The zero-order valence-corrected chi connectivity index (χ0v) is 14.7. The number of anilines is 1. The molecule has 0 atom stereocenters. The van der Waals surface area contributed by atoms with E-state index in [1.165, 1.54) is 11.8 Å². The smallest absolute Gasteiger partial charge is 0.234 e. The van der Waals surface area contributed by atoms with Crippen LogP contribution in [0, 0.1) is 6.92 Å². The molecule has 1 aromatic heterocycles. The molecule has 0 saturated carbocycles. The fourth-order valence-electron chi connectivity index (χ4n) is 2.07. The minimum atomic E-state index is -0.105. The molecule has 24 heavy (non-hydrogen) atoms. The zero-order valence-electron chi connectivity index (χ0n) is 13.9. The van der Waals surface area contributed by atoms with Crippen LogP contribution in [0.2, 0.25) is 0 Å². The van der Waals surface area contributed by atoms with Gasteiger partial charge in [0, 0.05) is 25.5 Å². The highest BCUT2D eigenvalue weighted by molar-refractivity contribution is 8.00. The van der Waals surface area contributed by atoms with Gasteiger partial charge < -0.3 is 10.6 Å². The number of nitrogens with one attached hydrogen (secondary N) is 2. The van der Waals surface area contributed by atoms with Crippen molar-refractivity contribution >= 4 is 29.3 Å². The van der Waals surface area contributed by atoms with Crippen LogP contribution in [0.15, 0.2) is 36.7 Å². The molecule has 2 amide bonds. The SMILES string of the molecule is Cc1ccc(NC(=O)CSCC(=O)NCCc2cnn(C)c2)cc1. The average molecular weight is 346 g/mol. The predicted octanol–water partition coefficient (Wildman–Crippen LogP) is 1.76. The summed E-state index contributed by atoms with van der Waals surface area (Å²) in [6, 6.07) is 7.61. The first-order valence-corrected chi connectivity index (χ1v) is 8.87. The molecule has 2 aromatic rings. The van der Waals surface area contributed by atoms with Crippen LogP contribution < -0.4 is 10.6 Å². The molecule has 0 aliphatic heterocycles. The summed E-state index contributed by atoms with van der Waals surface area (Å²) in [6.45, 7) is 2.56. The molecular weight excluding hydrogens is 324 g/mol. The lowest BCUT2D eigenvalue weighted by Gasteiger charge is -2.06. The van der Waals surface area contributed by atoms with Gasteiger partial charge in [0.05, 0.1) is 17.7 Å². The lowest BCUT2D eigenvalue weighted by molar-refractivity contribution is -0.118. The third kappa shape index (κ3) is 6.45. The molecule has 7 heteroatoms. The first kappa shape index (κ1) is 18.1. The highest BCUT2D eigenvalue weighted by Crippen LogP contribution is 2.09. The van der Waals surface area contributed by atoms with Crippen LogP contribution in [0.4, 0.5) is 5.69 Å². The number of amides is 2. The summed E-state index contributed by atoms with van der Waals surface area (Å²) < 4.78 is 1.74. The number of carbonyl (C=O) groups excluding carboxylic acids is 2. The summed E-state index contributed by atoms with van der Waals surface area (Å²) in [5.74, 6) is 0.358. The molecular formula is C17H22N4O2S. The predicted molar refractivity (Wildman–Crippen MR) is 97.1 cm³/mol. The van der Waals surface area contributed by atoms with Crippen LogP contribution in [0.3, 0.4) is 0 Å². The van der Waals surface area contributed by atoms with E-state index in [1.54, 1.807) is 10.9 Å². The molecule has 0 aliphatic rings. The van der Waals surface area contributed by atoms with Crippen molar-refractivity contribution in [2.45, 2.75) is 13.3 Å². The summed E-state index contributed by atoms with van der Waals surface area (Å²) in [5.41, 5.74) is 3.00. The van der Waals surface area contributed by atoms with Crippen molar-refractivity contribution in [2.75, 3.05) is 23.4 Å². The van der Waals surface area contributed by atoms with Crippen LogP contribution in [-0.4, -0.2) is 39.6 Å². The van der Waals surface area contributed by atoms with Crippen molar-refractivity contribution in [3.8, 4) is 0 Å². The monoisotopic (exact) mass is 346 g/mol. The van der Waals surface area contributed by atoms with Crippen molar-refractivity contribution in [3.05, 3.63) is 47.8 Å². The van der Waals surface area contributed by atoms with E-state index in [-0.39, 0.29) is 23.3 Å². The normalized spacial score (nSPS) is 10.4. The van der Waals surface area contributed by atoms with Crippen LogP contribution in [0.25, 0.3) is 0 Å². The quantitative estimate of drug-likeness (QED) is 0.764. The molecule has 0 bridgehead atoms. The topological polar surface area (TPSA) is 76.0 Å². The first-order chi connectivity index (χ1) is 11.5. The molecule has 6 nitrogen and oxygen atoms in total. The zero-order chi connectivity index (χ0) is 17.4. The number of hydrogen-bond donors (Lipinski definition) is 2. The Hall–Kier alpha value is -2.28. The number of carbonyl (C=O) groups is 2. The number of benzene rings is 1. The van der Waals surface area contributed by atoms with Crippen molar-refractivity contribution in [1.29, 1.82) is 0 Å². The molecule has 0 fully saturated rings. The number of aryl methyl sites for hydroxylation is 2. The van der Waals surface area contributed by atoms with E-state index in [0.29, 0.717) is 6.54 Å². The van der Waals surface area contributed by atoms with Gasteiger partial charge in [-0.2, -0.15) is 5.10 Å². The van der Waals surface area contributed by atoms with Crippen molar-refractivity contribution < 1.29 is 9.59 Å². The van der Waals surface area contributed by atoms with Crippen molar-refractivity contribution in [2.24, 2.45) is 7.05 Å². The Morgan fingerprint density at radius 2 is 1.88 bits per heavy atom. The number of hydrogen-bond acceptors (Lipinski definition) is 4. The number of rotatable bonds is 8. The van der Waals surface area contributed by atoms with Gasteiger partial charge in [-0.05, 0) is 31.0 Å². The fraction of sp³-hybridized carbons (Fsp3) is 0.353. The highest BCUT2D eigenvalue weighted by atomic mass is 32.2. The number of aromatic nitrogens is 2. The van der Waals surface area contributed by atoms with E-state index in [1.807, 2.05) is 44.4 Å². The minimum absolute atomic E-state index is 0.0629. The van der Waals surface area contributed by atoms with Crippen LogP contribution in [0.1, 0.15) is 11.1 Å². The minimum Gasteiger partial charge on any atom is -0.355 e. The molecule has 0 spiro atoms. The van der Waals surface area contributed by atoms with E-state index in [2.05, 4.69) is 15.7 Å². The first-order valence-electron chi connectivity index (χ1n) is 7.71. The molecule has 0 unspecified atom stereocenters. The number of thioether (sulfide) groups is 1. The van der Waals surface area contributed by atoms with Gasteiger partial charge >= 0.3 is 0 Å². The summed E-state index contributed by atoms with van der Waals surface area (Å²) in [4.78, 5) is 23.5. The molecule has 128 valence electrons. The van der Waals surface area contributed by atoms with Gasteiger partial charge in [0.15, 0.2) is 0 Å². The molecule has 2 rings (SSSR count). The molecule has 2 N–H and O–H groups in total. The van der Waals surface area contributed by atoms with E-state index >= 15 is 0 Å². The van der Waals surface area contributed by atoms with Gasteiger partial charge in [-0.25, -0.2) is 0 Å². The molecule has 0 radical (unpaired) electrons. The molecule has 1 aromatic carbocycles. The average Bonchev–Trinajstić information content (AvgIpc) is 2.95. The molecule has 0 aliphatic carbocycles. The second-order valence-corrected chi connectivity index (χ2v) is 6.51. The summed E-state index contributed by atoms with van der Waals surface area (Å²) >= 11 is 1.30. The number of nitrogens with zero attached hydrogens (tertiary/aromatic N) is 2. The Morgan fingerprint density at radius 3 is 2.54 bits per heavy atom. The van der Waals surface area contributed by atoms with E-state index in [4.69, 9.17) is 0 Å². The lowest BCUT2D eigenvalue weighted by atomic mass is 10.2. The maximum absolute atomic E-state index is 11.8. The summed E-state index contributed by atoms with van der Waals surface area (Å²) in [5, 5.41) is 9.73. The van der Waals surface area contributed by atoms with Crippen LogP contribution >= 0.6 is 11.8 Å². The Bertz CT molecular complexity index is 682.